The van der Waals surface area contributed by atoms with Gasteiger partial charge in [-0.3, -0.25) is 9.59 Å². The van der Waals surface area contributed by atoms with Crippen LogP contribution in [0.15, 0.2) is 66.7 Å². The lowest BCUT2D eigenvalue weighted by atomic mass is 10.1. The molecule has 6 nitrogen and oxygen atoms in total. The Kier molecular flexibility index (Phi) is 6.58. The topological polar surface area (TPSA) is 84.5 Å². The molecular weight excluding hydrogens is 368 g/mol. The normalized spacial score (nSPS) is 10.4. The molecule has 29 heavy (non-hydrogen) atoms. The molecule has 3 rings (SSSR count). The molecular formula is C23H22N2O4. The Morgan fingerprint density at radius 3 is 2.41 bits per heavy atom. The average molecular weight is 390 g/mol. The fraction of sp³-hybridized carbons (Fsp3) is 0.174. The molecule has 0 saturated carbocycles. The van der Waals surface area contributed by atoms with Crippen molar-refractivity contribution in [2.45, 2.75) is 13.3 Å². The molecule has 0 aliphatic carbocycles. The molecule has 0 bridgehead atoms. The number of nitrogens with one attached hydrogen (secondary N) is 2. The second-order valence-corrected chi connectivity index (χ2v) is 6.44. The molecule has 3 aromatic rings. The van der Waals surface area contributed by atoms with Crippen molar-refractivity contribution in [3.05, 3.63) is 77.9 Å². The van der Waals surface area contributed by atoms with Gasteiger partial charge in [0.1, 0.15) is 0 Å². The van der Waals surface area contributed by atoms with Crippen molar-refractivity contribution in [3.63, 3.8) is 0 Å². The maximum Gasteiger partial charge on any atom is 0.339 e. The van der Waals surface area contributed by atoms with E-state index in [1.54, 1.807) is 12.1 Å². The third-order valence-electron chi connectivity index (χ3n) is 4.46. The smallest absolute Gasteiger partial charge is 0.339 e. The summed E-state index contributed by atoms with van der Waals surface area (Å²) in [6.07, 6.45) is 0.785. The SMILES string of the molecule is CCc1ccccc1NC(=O)CNC(=O)COC(=O)c1cccc2ccccc12. The molecule has 0 radical (unpaired) electrons. The lowest BCUT2D eigenvalue weighted by Crippen LogP contribution is -2.35. The Morgan fingerprint density at radius 1 is 0.862 bits per heavy atom. The van der Waals surface area contributed by atoms with Crippen molar-refractivity contribution in [3.8, 4) is 0 Å². The van der Waals surface area contributed by atoms with Gasteiger partial charge in [0.15, 0.2) is 6.61 Å². The van der Waals surface area contributed by atoms with E-state index in [-0.39, 0.29) is 12.5 Å². The van der Waals surface area contributed by atoms with E-state index in [0.717, 1.165) is 28.4 Å². The number of hydrogen-bond donors (Lipinski definition) is 2. The summed E-state index contributed by atoms with van der Waals surface area (Å²) in [6.45, 7) is 1.33. The highest BCUT2D eigenvalue weighted by Gasteiger charge is 2.14. The predicted molar refractivity (Wildman–Crippen MR) is 112 cm³/mol. The maximum absolute atomic E-state index is 12.3. The van der Waals surface area contributed by atoms with Crippen LogP contribution in [0.2, 0.25) is 0 Å². The monoisotopic (exact) mass is 390 g/mol. The zero-order valence-electron chi connectivity index (χ0n) is 16.1. The highest BCUT2D eigenvalue weighted by Crippen LogP contribution is 2.19. The molecule has 0 spiro atoms. The molecule has 6 heteroatoms. The first-order valence-corrected chi connectivity index (χ1v) is 9.38. The van der Waals surface area contributed by atoms with Crippen LogP contribution in [-0.4, -0.2) is 30.9 Å². The van der Waals surface area contributed by atoms with Gasteiger partial charge in [-0.1, -0.05) is 61.5 Å². The number of anilines is 1. The number of amides is 2. The summed E-state index contributed by atoms with van der Waals surface area (Å²) in [5.41, 5.74) is 2.12. The quantitative estimate of drug-likeness (QED) is 0.606. The number of benzene rings is 3. The zero-order chi connectivity index (χ0) is 20.6. The zero-order valence-corrected chi connectivity index (χ0v) is 16.1. The molecule has 0 aliphatic heterocycles. The van der Waals surface area contributed by atoms with Crippen molar-refractivity contribution in [1.29, 1.82) is 0 Å². The van der Waals surface area contributed by atoms with Crippen molar-refractivity contribution in [1.82, 2.24) is 5.32 Å². The van der Waals surface area contributed by atoms with Crippen LogP contribution in [-0.2, 0) is 20.7 Å². The highest BCUT2D eigenvalue weighted by atomic mass is 16.5. The third-order valence-corrected chi connectivity index (χ3v) is 4.46. The first-order chi connectivity index (χ1) is 14.1. The molecule has 2 amide bonds. The van der Waals surface area contributed by atoms with Crippen LogP contribution in [0.3, 0.4) is 0 Å². The Balaban J connectivity index is 1.49. The molecule has 0 aromatic heterocycles. The van der Waals surface area contributed by atoms with Crippen molar-refractivity contribution in [2.24, 2.45) is 0 Å². The Labute approximate surface area is 168 Å². The molecule has 0 unspecified atom stereocenters. The number of rotatable bonds is 7. The van der Waals surface area contributed by atoms with Crippen molar-refractivity contribution < 1.29 is 19.1 Å². The van der Waals surface area contributed by atoms with Gasteiger partial charge in [0.05, 0.1) is 12.1 Å². The Morgan fingerprint density at radius 2 is 1.59 bits per heavy atom. The van der Waals surface area contributed by atoms with Gasteiger partial charge in [-0.25, -0.2) is 4.79 Å². The molecule has 0 heterocycles. The van der Waals surface area contributed by atoms with Gasteiger partial charge in [0.25, 0.3) is 5.91 Å². The number of carbonyl (C=O) groups is 3. The van der Waals surface area contributed by atoms with E-state index in [2.05, 4.69) is 10.6 Å². The molecule has 0 aliphatic rings. The first kappa shape index (κ1) is 20.1. The molecule has 148 valence electrons. The van der Waals surface area contributed by atoms with Crippen molar-refractivity contribution in [2.75, 3.05) is 18.5 Å². The van der Waals surface area contributed by atoms with Crippen LogP contribution >= 0.6 is 0 Å². The van der Waals surface area contributed by atoms with E-state index < -0.39 is 18.5 Å². The van der Waals surface area contributed by atoms with Gasteiger partial charge in [0.2, 0.25) is 5.91 Å². The Hall–Kier alpha value is -3.67. The van der Waals surface area contributed by atoms with Crippen LogP contribution < -0.4 is 10.6 Å². The van der Waals surface area contributed by atoms with Crippen LogP contribution in [0.5, 0.6) is 0 Å². The number of aryl methyl sites for hydroxylation is 1. The standard InChI is InChI=1S/C23H22N2O4/c1-2-16-8-4-6-13-20(16)25-21(26)14-24-22(27)15-29-23(28)19-12-7-10-17-9-3-5-11-18(17)19/h3-13H,2,14-15H2,1H3,(H,24,27)(H,25,26). The van der Waals surface area contributed by atoms with Gasteiger partial charge in [-0.15, -0.1) is 0 Å². The van der Waals surface area contributed by atoms with Crippen LogP contribution in [0.25, 0.3) is 10.8 Å². The second kappa shape index (κ2) is 9.50. The number of ether oxygens (including phenoxy) is 1. The minimum absolute atomic E-state index is 0.206. The van der Waals surface area contributed by atoms with Crippen LogP contribution in [0, 0.1) is 0 Å². The van der Waals surface area contributed by atoms with Gasteiger partial charge < -0.3 is 15.4 Å². The summed E-state index contributed by atoms with van der Waals surface area (Å²) in [5, 5.41) is 6.89. The van der Waals surface area contributed by atoms with Gasteiger partial charge >= 0.3 is 5.97 Å². The molecule has 2 N–H and O–H groups in total. The summed E-state index contributed by atoms with van der Waals surface area (Å²) in [7, 11) is 0. The Bertz CT molecular complexity index is 1040. The van der Waals surface area contributed by atoms with E-state index in [1.807, 2.05) is 61.5 Å². The average Bonchev–Trinajstić information content (AvgIpc) is 2.76. The maximum atomic E-state index is 12.3. The van der Waals surface area contributed by atoms with Crippen LogP contribution in [0.4, 0.5) is 5.69 Å². The third kappa shape index (κ3) is 5.19. The van der Waals surface area contributed by atoms with E-state index in [1.165, 1.54) is 0 Å². The molecule has 3 aromatic carbocycles. The molecule has 0 fully saturated rings. The summed E-state index contributed by atoms with van der Waals surface area (Å²) >= 11 is 0. The fourth-order valence-electron chi connectivity index (χ4n) is 2.99. The lowest BCUT2D eigenvalue weighted by molar-refractivity contribution is -0.126. The second-order valence-electron chi connectivity index (χ2n) is 6.44. The first-order valence-electron chi connectivity index (χ1n) is 9.38. The lowest BCUT2D eigenvalue weighted by Gasteiger charge is -2.11. The minimum atomic E-state index is -0.585. The van der Waals surface area contributed by atoms with Gasteiger partial charge in [-0.05, 0) is 34.9 Å². The molecule has 0 atom stereocenters. The molecule has 0 saturated heterocycles. The number of hydrogen-bond acceptors (Lipinski definition) is 4. The van der Waals surface area contributed by atoms with Gasteiger partial charge in [0, 0.05) is 5.69 Å². The number of esters is 1. The predicted octanol–water partition coefficient (Wildman–Crippen LogP) is 3.31. The number of carbonyl (C=O) groups excluding carboxylic acids is 3. The highest BCUT2D eigenvalue weighted by molar-refractivity contribution is 6.05. The van der Waals surface area contributed by atoms with Crippen LogP contribution in [0.1, 0.15) is 22.8 Å². The van der Waals surface area contributed by atoms with E-state index in [4.69, 9.17) is 4.74 Å². The number of para-hydroxylation sites is 1. The fourth-order valence-corrected chi connectivity index (χ4v) is 2.99. The summed E-state index contributed by atoms with van der Waals surface area (Å²) in [6, 6.07) is 20.2. The van der Waals surface area contributed by atoms with E-state index in [9.17, 15) is 14.4 Å². The van der Waals surface area contributed by atoms with E-state index in [0.29, 0.717) is 5.56 Å². The van der Waals surface area contributed by atoms with Gasteiger partial charge in [-0.2, -0.15) is 0 Å². The summed E-state index contributed by atoms with van der Waals surface area (Å²) in [4.78, 5) is 36.3. The largest absolute Gasteiger partial charge is 0.452 e. The van der Waals surface area contributed by atoms with Crippen molar-refractivity contribution >= 4 is 34.2 Å². The van der Waals surface area contributed by atoms with E-state index >= 15 is 0 Å². The summed E-state index contributed by atoms with van der Waals surface area (Å²) < 4.78 is 5.10. The number of fused-ring (bicyclic) bond motifs is 1. The minimum Gasteiger partial charge on any atom is -0.452 e. The summed E-state index contributed by atoms with van der Waals surface area (Å²) in [5.74, 6) is -1.48.